The number of aryl methyl sites for hydroxylation is 1. The van der Waals surface area contributed by atoms with Crippen molar-refractivity contribution in [1.29, 1.82) is 0 Å². The van der Waals surface area contributed by atoms with Gasteiger partial charge in [0, 0.05) is 34.4 Å². The van der Waals surface area contributed by atoms with Crippen LogP contribution < -0.4 is 19.5 Å². The van der Waals surface area contributed by atoms with Gasteiger partial charge in [0.1, 0.15) is 5.82 Å². The highest BCUT2D eigenvalue weighted by atomic mass is 19.1. The van der Waals surface area contributed by atoms with Gasteiger partial charge in [-0.1, -0.05) is 0 Å². The van der Waals surface area contributed by atoms with E-state index in [1.807, 2.05) is 6.92 Å². The van der Waals surface area contributed by atoms with E-state index >= 15 is 0 Å². The van der Waals surface area contributed by atoms with Crippen molar-refractivity contribution in [2.24, 2.45) is 0 Å². The number of anilines is 1. The van der Waals surface area contributed by atoms with E-state index < -0.39 is 0 Å². The molecule has 0 fully saturated rings. The lowest BCUT2D eigenvalue weighted by molar-refractivity contribution is -0.115. The number of fused-ring (bicyclic) bond motifs is 1. The zero-order chi connectivity index (χ0) is 19.6. The van der Waals surface area contributed by atoms with Gasteiger partial charge in [-0.05, 0) is 30.7 Å². The Labute approximate surface area is 156 Å². The fraction of sp³-hybridized carbons (Fsp3) is 0.250. The van der Waals surface area contributed by atoms with Crippen LogP contribution in [0.25, 0.3) is 10.9 Å². The number of halogens is 1. The van der Waals surface area contributed by atoms with Crippen molar-refractivity contribution in [3.05, 3.63) is 47.4 Å². The number of aromatic nitrogens is 1. The van der Waals surface area contributed by atoms with Gasteiger partial charge in [-0.3, -0.25) is 4.79 Å². The Morgan fingerprint density at radius 3 is 2.33 bits per heavy atom. The summed E-state index contributed by atoms with van der Waals surface area (Å²) in [6, 6.07) is 7.79. The molecule has 3 aromatic rings. The Hall–Kier alpha value is -3.22. The third-order valence-electron chi connectivity index (χ3n) is 4.37. The number of amides is 1. The summed E-state index contributed by atoms with van der Waals surface area (Å²) in [7, 11) is 4.52. The van der Waals surface area contributed by atoms with Crippen molar-refractivity contribution < 1.29 is 23.4 Å². The van der Waals surface area contributed by atoms with E-state index in [0.29, 0.717) is 28.3 Å². The Balaban J connectivity index is 1.87. The molecule has 1 aromatic heterocycles. The van der Waals surface area contributed by atoms with Crippen LogP contribution in [0.1, 0.15) is 11.3 Å². The van der Waals surface area contributed by atoms with Crippen molar-refractivity contribution in [2.45, 2.75) is 13.3 Å². The summed E-state index contributed by atoms with van der Waals surface area (Å²) in [5, 5.41) is 3.53. The smallest absolute Gasteiger partial charge is 0.228 e. The maximum absolute atomic E-state index is 13.6. The molecule has 0 atom stereocenters. The summed E-state index contributed by atoms with van der Waals surface area (Å²) in [5.41, 5.74) is 2.90. The zero-order valence-electron chi connectivity index (χ0n) is 15.6. The molecule has 2 aromatic carbocycles. The highest BCUT2D eigenvalue weighted by molar-refractivity contribution is 5.96. The summed E-state index contributed by atoms with van der Waals surface area (Å²) < 4.78 is 29.5. The Bertz CT molecular complexity index is 972. The van der Waals surface area contributed by atoms with Gasteiger partial charge in [-0.2, -0.15) is 0 Å². The molecule has 0 saturated heterocycles. The molecule has 1 amide bonds. The van der Waals surface area contributed by atoms with E-state index in [9.17, 15) is 9.18 Å². The van der Waals surface area contributed by atoms with Gasteiger partial charge >= 0.3 is 0 Å². The Morgan fingerprint density at radius 2 is 1.74 bits per heavy atom. The SMILES string of the molecule is COc1cc(NC(=O)Cc2c(C)[nH]c3ccc(F)cc23)cc(OC)c1OC. The highest BCUT2D eigenvalue weighted by Crippen LogP contribution is 2.40. The van der Waals surface area contributed by atoms with Crippen LogP contribution in [-0.4, -0.2) is 32.2 Å². The van der Waals surface area contributed by atoms with Crippen molar-refractivity contribution >= 4 is 22.5 Å². The number of H-pyrrole nitrogens is 1. The third-order valence-corrected chi connectivity index (χ3v) is 4.37. The number of methoxy groups -OCH3 is 3. The fourth-order valence-electron chi connectivity index (χ4n) is 3.10. The van der Waals surface area contributed by atoms with Gasteiger partial charge in [0.2, 0.25) is 11.7 Å². The molecular weight excluding hydrogens is 351 g/mol. The van der Waals surface area contributed by atoms with Gasteiger partial charge < -0.3 is 24.5 Å². The summed E-state index contributed by atoms with van der Waals surface area (Å²) in [6.45, 7) is 1.86. The molecule has 1 heterocycles. The maximum atomic E-state index is 13.6. The number of carbonyl (C=O) groups excluding carboxylic acids is 1. The number of nitrogens with one attached hydrogen (secondary N) is 2. The predicted molar refractivity (Wildman–Crippen MR) is 101 cm³/mol. The second-order valence-corrected chi connectivity index (χ2v) is 6.06. The minimum Gasteiger partial charge on any atom is -0.493 e. The van der Waals surface area contributed by atoms with Crippen LogP contribution in [-0.2, 0) is 11.2 Å². The van der Waals surface area contributed by atoms with Crippen LogP contribution in [0.15, 0.2) is 30.3 Å². The monoisotopic (exact) mass is 372 g/mol. The molecule has 27 heavy (non-hydrogen) atoms. The lowest BCUT2D eigenvalue weighted by Crippen LogP contribution is -2.15. The summed E-state index contributed by atoms with van der Waals surface area (Å²) in [6.07, 6.45) is 0.103. The molecule has 2 N–H and O–H groups in total. The molecular formula is C20H21FN2O4. The van der Waals surface area contributed by atoms with Crippen molar-refractivity contribution in [1.82, 2.24) is 4.98 Å². The van der Waals surface area contributed by atoms with Gasteiger partial charge in [0.15, 0.2) is 11.5 Å². The Kier molecular flexibility index (Phi) is 5.21. The predicted octanol–water partition coefficient (Wildman–Crippen LogP) is 3.82. The van der Waals surface area contributed by atoms with Crippen LogP contribution in [0.5, 0.6) is 17.2 Å². The molecule has 0 unspecified atom stereocenters. The van der Waals surface area contributed by atoms with E-state index in [2.05, 4.69) is 10.3 Å². The van der Waals surface area contributed by atoms with Gasteiger partial charge in [-0.25, -0.2) is 4.39 Å². The molecule has 0 radical (unpaired) electrons. The number of ether oxygens (including phenoxy) is 3. The molecule has 142 valence electrons. The number of hydrogen-bond donors (Lipinski definition) is 2. The van der Waals surface area contributed by atoms with Crippen LogP contribution >= 0.6 is 0 Å². The van der Waals surface area contributed by atoms with Crippen LogP contribution in [0.3, 0.4) is 0 Å². The van der Waals surface area contributed by atoms with Crippen molar-refractivity contribution in [3.63, 3.8) is 0 Å². The molecule has 0 spiro atoms. The first-order valence-electron chi connectivity index (χ1n) is 8.33. The molecule has 6 nitrogen and oxygen atoms in total. The number of benzene rings is 2. The van der Waals surface area contributed by atoms with Crippen LogP contribution in [0, 0.1) is 12.7 Å². The number of hydrogen-bond acceptors (Lipinski definition) is 4. The fourth-order valence-corrected chi connectivity index (χ4v) is 3.10. The summed E-state index contributed by atoms with van der Waals surface area (Å²) >= 11 is 0. The largest absolute Gasteiger partial charge is 0.493 e. The Morgan fingerprint density at radius 1 is 1.07 bits per heavy atom. The molecule has 0 aliphatic heterocycles. The van der Waals surface area contributed by atoms with E-state index in [4.69, 9.17) is 14.2 Å². The minimum absolute atomic E-state index is 0.103. The van der Waals surface area contributed by atoms with Crippen LogP contribution in [0.2, 0.25) is 0 Å². The molecule has 7 heteroatoms. The van der Waals surface area contributed by atoms with Gasteiger partial charge in [0.25, 0.3) is 0 Å². The molecule has 0 bridgehead atoms. The zero-order valence-corrected chi connectivity index (χ0v) is 15.6. The van der Waals surface area contributed by atoms with Gasteiger partial charge in [0.05, 0.1) is 27.8 Å². The van der Waals surface area contributed by atoms with Gasteiger partial charge in [-0.15, -0.1) is 0 Å². The number of rotatable bonds is 6. The standard InChI is InChI=1S/C20H21FN2O4/c1-11-14(15-7-12(21)5-6-16(15)22-11)10-19(24)23-13-8-17(25-2)20(27-4)18(9-13)26-3/h5-9,22H,10H2,1-4H3,(H,23,24). The highest BCUT2D eigenvalue weighted by Gasteiger charge is 2.17. The molecule has 0 saturated carbocycles. The topological polar surface area (TPSA) is 72.6 Å². The normalized spacial score (nSPS) is 10.7. The first-order valence-corrected chi connectivity index (χ1v) is 8.33. The summed E-state index contributed by atoms with van der Waals surface area (Å²) in [4.78, 5) is 15.8. The molecule has 0 aliphatic carbocycles. The third kappa shape index (κ3) is 3.67. The minimum atomic E-state index is -0.340. The lowest BCUT2D eigenvalue weighted by atomic mass is 10.1. The molecule has 0 aliphatic rings. The number of carbonyl (C=O) groups is 1. The first-order chi connectivity index (χ1) is 13.0. The van der Waals surface area contributed by atoms with E-state index in [-0.39, 0.29) is 18.1 Å². The van der Waals surface area contributed by atoms with E-state index in [0.717, 1.165) is 16.8 Å². The average molecular weight is 372 g/mol. The molecule has 3 rings (SSSR count). The van der Waals surface area contributed by atoms with Crippen molar-refractivity contribution in [3.8, 4) is 17.2 Å². The number of aromatic amines is 1. The first kappa shape index (κ1) is 18.6. The summed E-state index contributed by atoms with van der Waals surface area (Å²) in [5.74, 6) is 0.751. The second-order valence-electron chi connectivity index (χ2n) is 6.06. The van der Waals surface area contributed by atoms with E-state index in [1.54, 1.807) is 18.2 Å². The van der Waals surface area contributed by atoms with Crippen LogP contribution in [0.4, 0.5) is 10.1 Å². The quantitative estimate of drug-likeness (QED) is 0.690. The lowest BCUT2D eigenvalue weighted by Gasteiger charge is -2.14. The second kappa shape index (κ2) is 7.57. The van der Waals surface area contributed by atoms with E-state index in [1.165, 1.54) is 33.5 Å². The van der Waals surface area contributed by atoms with Crippen molar-refractivity contribution in [2.75, 3.05) is 26.6 Å². The maximum Gasteiger partial charge on any atom is 0.228 e. The average Bonchev–Trinajstić information content (AvgIpc) is 2.95.